The average Bonchev–Trinajstić information content (AvgIpc) is 3.39. The van der Waals surface area contributed by atoms with Crippen LogP contribution < -0.4 is 10.6 Å². The van der Waals surface area contributed by atoms with E-state index in [1.807, 2.05) is 7.05 Å². The van der Waals surface area contributed by atoms with Crippen LogP contribution in [0, 0.1) is 6.92 Å². The van der Waals surface area contributed by atoms with Crippen molar-refractivity contribution in [2.45, 2.75) is 38.8 Å². The molecule has 1 saturated heterocycles. The van der Waals surface area contributed by atoms with Gasteiger partial charge in [0, 0.05) is 58.1 Å². The van der Waals surface area contributed by atoms with Gasteiger partial charge in [0.15, 0.2) is 5.96 Å². The summed E-state index contributed by atoms with van der Waals surface area (Å²) in [5.74, 6) is 0.890. The Kier molecular flexibility index (Phi) is 6.46. The van der Waals surface area contributed by atoms with Gasteiger partial charge in [-0.1, -0.05) is 6.07 Å². The molecule has 0 radical (unpaired) electrons. The largest absolute Gasteiger partial charge is 0.356 e. The van der Waals surface area contributed by atoms with Crippen molar-refractivity contribution in [2.75, 3.05) is 26.7 Å². The number of thiophene rings is 1. The summed E-state index contributed by atoms with van der Waals surface area (Å²) in [6.45, 7) is 6.25. The molecule has 0 saturated carbocycles. The molecule has 0 bridgehead atoms. The molecule has 2 N–H and O–H groups in total. The highest BCUT2D eigenvalue weighted by atomic mass is 32.1. The van der Waals surface area contributed by atoms with Crippen molar-refractivity contribution >= 4 is 22.9 Å². The van der Waals surface area contributed by atoms with Crippen LogP contribution in [0.4, 0.5) is 0 Å². The summed E-state index contributed by atoms with van der Waals surface area (Å²) < 4.78 is 2.10. The molecule has 4 rings (SSSR count). The van der Waals surface area contributed by atoms with Crippen molar-refractivity contribution in [1.82, 2.24) is 24.9 Å². The summed E-state index contributed by atoms with van der Waals surface area (Å²) in [7, 11) is 1.84. The van der Waals surface area contributed by atoms with E-state index in [0.717, 1.165) is 62.7 Å². The molecule has 154 valence electrons. The predicted octanol–water partition coefficient (Wildman–Crippen LogP) is 3.08. The minimum absolute atomic E-state index is 0.484. The van der Waals surface area contributed by atoms with Gasteiger partial charge in [0.1, 0.15) is 5.65 Å². The Hall–Kier alpha value is -2.38. The number of aliphatic imine (C=N–C) groups is 1. The van der Waals surface area contributed by atoms with E-state index in [2.05, 4.69) is 73.2 Å². The lowest BCUT2D eigenvalue weighted by Gasteiger charge is -2.32. The SMILES string of the molecule is CN=C(NCCc1cn2cccc(C)c2n1)NC1CCN(Cc2ccsc2)CC1. The van der Waals surface area contributed by atoms with Gasteiger partial charge >= 0.3 is 0 Å². The second kappa shape index (κ2) is 9.41. The smallest absolute Gasteiger partial charge is 0.191 e. The van der Waals surface area contributed by atoms with E-state index in [4.69, 9.17) is 4.98 Å². The number of rotatable bonds is 6. The van der Waals surface area contributed by atoms with E-state index >= 15 is 0 Å². The van der Waals surface area contributed by atoms with Crippen LogP contribution in [0.3, 0.4) is 0 Å². The summed E-state index contributed by atoms with van der Waals surface area (Å²) in [5, 5.41) is 11.5. The Balaban J connectivity index is 1.21. The number of guanidine groups is 1. The average molecular weight is 411 g/mol. The Bertz CT molecular complexity index is 938. The highest BCUT2D eigenvalue weighted by Crippen LogP contribution is 2.15. The van der Waals surface area contributed by atoms with Gasteiger partial charge in [-0.05, 0) is 53.8 Å². The first kappa shape index (κ1) is 19.9. The van der Waals surface area contributed by atoms with Gasteiger partial charge in [0.25, 0.3) is 0 Å². The summed E-state index contributed by atoms with van der Waals surface area (Å²) >= 11 is 1.78. The van der Waals surface area contributed by atoms with E-state index in [1.54, 1.807) is 11.3 Å². The van der Waals surface area contributed by atoms with Crippen LogP contribution in [0.1, 0.15) is 29.7 Å². The topological polar surface area (TPSA) is 57.0 Å². The number of nitrogens with one attached hydrogen (secondary N) is 2. The standard InChI is InChI=1S/C22H30N6S/c1-17-4-3-10-28-15-20(25-21(17)28)5-9-24-22(23-2)26-19-6-11-27(12-7-19)14-18-8-13-29-16-18/h3-4,8,10,13,15-16,19H,5-7,9,11-12,14H2,1-2H3,(H2,23,24,26). The fourth-order valence-corrected chi connectivity index (χ4v) is 4.56. The molecule has 0 unspecified atom stereocenters. The van der Waals surface area contributed by atoms with Crippen LogP contribution in [-0.4, -0.2) is 53.0 Å². The molecule has 3 aromatic rings. The number of fused-ring (bicyclic) bond motifs is 1. The highest BCUT2D eigenvalue weighted by molar-refractivity contribution is 7.07. The van der Waals surface area contributed by atoms with Gasteiger partial charge < -0.3 is 15.0 Å². The molecule has 29 heavy (non-hydrogen) atoms. The first-order valence-corrected chi connectivity index (χ1v) is 11.3. The van der Waals surface area contributed by atoms with Crippen LogP contribution >= 0.6 is 11.3 Å². The Morgan fingerprint density at radius 3 is 2.90 bits per heavy atom. The van der Waals surface area contributed by atoms with E-state index in [9.17, 15) is 0 Å². The Morgan fingerprint density at radius 2 is 2.17 bits per heavy atom. The Labute approximate surface area is 176 Å². The molecule has 7 heteroatoms. The number of piperidine rings is 1. The maximum Gasteiger partial charge on any atom is 0.191 e. The van der Waals surface area contributed by atoms with Gasteiger partial charge in [-0.3, -0.25) is 9.89 Å². The molecule has 1 aliphatic heterocycles. The molecule has 0 amide bonds. The lowest BCUT2D eigenvalue weighted by atomic mass is 10.0. The summed E-state index contributed by atoms with van der Waals surface area (Å²) in [4.78, 5) is 11.7. The highest BCUT2D eigenvalue weighted by Gasteiger charge is 2.20. The second-order valence-electron chi connectivity index (χ2n) is 7.73. The molecule has 0 spiro atoms. The monoisotopic (exact) mass is 410 g/mol. The summed E-state index contributed by atoms with van der Waals surface area (Å²) in [5.41, 5.74) is 4.78. The molecule has 0 aromatic carbocycles. The van der Waals surface area contributed by atoms with Crippen LogP contribution in [-0.2, 0) is 13.0 Å². The van der Waals surface area contributed by atoms with E-state index in [-0.39, 0.29) is 0 Å². The maximum atomic E-state index is 4.75. The number of pyridine rings is 1. The van der Waals surface area contributed by atoms with Crippen molar-refractivity contribution in [3.63, 3.8) is 0 Å². The third-order valence-electron chi connectivity index (χ3n) is 5.54. The lowest BCUT2D eigenvalue weighted by Crippen LogP contribution is -2.48. The molecule has 4 heterocycles. The van der Waals surface area contributed by atoms with Crippen molar-refractivity contribution < 1.29 is 0 Å². The van der Waals surface area contributed by atoms with Crippen LogP contribution in [0.2, 0.25) is 0 Å². The molecule has 1 fully saturated rings. The molecule has 6 nitrogen and oxygen atoms in total. The first-order chi connectivity index (χ1) is 14.2. The molecular formula is C22H30N6S. The zero-order valence-corrected chi connectivity index (χ0v) is 18.1. The number of imidazole rings is 1. The number of aryl methyl sites for hydroxylation is 1. The van der Waals surface area contributed by atoms with Gasteiger partial charge in [-0.25, -0.2) is 4.98 Å². The normalized spacial score (nSPS) is 16.4. The number of likely N-dealkylation sites (tertiary alicyclic amines) is 1. The fraction of sp³-hybridized carbons (Fsp3) is 0.455. The number of hydrogen-bond donors (Lipinski definition) is 2. The zero-order valence-electron chi connectivity index (χ0n) is 17.3. The minimum atomic E-state index is 0.484. The molecule has 3 aromatic heterocycles. The second-order valence-corrected chi connectivity index (χ2v) is 8.51. The third kappa shape index (κ3) is 5.16. The van der Waals surface area contributed by atoms with Gasteiger partial charge in [0.05, 0.1) is 5.69 Å². The Morgan fingerprint density at radius 1 is 1.31 bits per heavy atom. The van der Waals surface area contributed by atoms with Crippen molar-refractivity contribution in [2.24, 2.45) is 4.99 Å². The van der Waals surface area contributed by atoms with Crippen LogP contribution in [0.5, 0.6) is 0 Å². The van der Waals surface area contributed by atoms with Crippen LogP contribution in [0.15, 0.2) is 46.3 Å². The van der Waals surface area contributed by atoms with Crippen LogP contribution in [0.25, 0.3) is 5.65 Å². The van der Waals surface area contributed by atoms with Gasteiger partial charge in [-0.2, -0.15) is 11.3 Å². The summed E-state index contributed by atoms with van der Waals surface area (Å²) in [6, 6.07) is 6.87. The zero-order chi connectivity index (χ0) is 20.1. The number of nitrogens with zero attached hydrogens (tertiary/aromatic N) is 4. The molecule has 1 aliphatic rings. The lowest BCUT2D eigenvalue weighted by molar-refractivity contribution is 0.198. The third-order valence-corrected chi connectivity index (χ3v) is 6.27. The molecular weight excluding hydrogens is 380 g/mol. The first-order valence-electron chi connectivity index (χ1n) is 10.3. The maximum absolute atomic E-state index is 4.75. The van der Waals surface area contributed by atoms with E-state index < -0.39 is 0 Å². The van der Waals surface area contributed by atoms with E-state index in [1.165, 1.54) is 11.1 Å². The molecule has 0 aliphatic carbocycles. The number of hydrogen-bond acceptors (Lipinski definition) is 4. The summed E-state index contributed by atoms with van der Waals surface area (Å²) in [6.07, 6.45) is 7.34. The van der Waals surface area contributed by atoms with Crippen molar-refractivity contribution in [1.29, 1.82) is 0 Å². The van der Waals surface area contributed by atoms with Crippen molar-refractivity contribution in [3.05, 3.63) is 58.2 Å². The minimum Gasteiger partial charge on any atom is -0.356 e. The molecule has 0 atom stereocenters. The van der Waals surface area contributed by atoms with Gasteiger partial charge in [-0.15, -0.1) is 0 Å². The predicted molar refractivity (Wildman–Crippen MR) is 121 cm³/mol. The van der Waals surface area contributed by atoms with Crippen molar-refractivity contribution in [3.8, 4) is 0 Å². The quantitative estimate of drug-likeness (QED) is 0.484. The van der Waals surface area contributed by atoms with Gasteiger partial charge in [0.2, 0.25) is 0 Å². The van der Waals surface area contributed by atoms with E-state index in [0.29, 0.717) is 6.04 Å². The fourth-order valence-electron chi connectivity index (χ4n) is 3.90. The number of aromatic nitrogens is 2.